The van der Waals surface area contributed by atoms with E-state index in [2.05, 4.69) is 22.5 Å². The zero-order valence-corrected chi connectivity index (χ0v) is 15.5. The molecule has 1 aliphatic carbocycles. The molecule has 2 amide bonds. The minimum Gasteiger partial charge on any atom is -0.351 e. The molecule has 3 rings (SSSR count). The molecule has 0 saturated heterocycles. The molecule has 0 spiro atoms. The number of rotatable bonds is 7. The van der Waals surface area contributed by atoms with Gasteiger partial charge in [0.1, 0.15) is 0 Å². The lowest BCUT2D eigenvalue weighted by Crippen LogP contribution is -2.37. The lowest BCUT2D eigenvalue weighted by atomic mass is 9.95. The molecular weight excluding hydrogens is 328 g/mol. The highest BCUT2D eigenvalue weighted by Crippen LogP contribution is 2.19. The Bertz CT molecular complexity index is 762. The van der Waals surface area contributed by atoms with E-state index in [9.17, 15) is 9.59 Å². The standard InChI is InChI=1S/C20H28N4O2/c1-2-3-8-13-21-19(25)17-16-12-7-9-14-24(16)18(23-17)20(26)22-15-10-5-4-6-11-15/h7,9,12,14-15H,2-6,8,10-11,13H2,1H3,(H,21,25)(H,22,26). The van der Waals surface area contributed by atoms with Crippen molar-refractivity contribution in [3.63, 3.8) is 0 Å². The van der Waals surface area contributed by atoms with Gasteiger partial charge in [-0.1, -0.05) is 45.1 Å². The van der Waals surface area contributed by atoms with Crippen molar-refractivity contribution in [3.8, 4) is 0 Å². The molecule has 2 aromatic rings. The molecule has 1 aliphatic rings. The molecule has 2 aromatic heterocycles. The number of carbonyl (C=O) groups excluding carboxylic acids is 2. The predicted octanol–water partition coefficient (Wildman–Crippen LogP) is 3.32. The zero-order valence-electron chi connectivity index (χ0n) is 15.5. The van der Waals surface area contributed by atoms with Crippen LogP contribution < -0.4 is 10.6 Å². The molecule has 0 atom stereocenters. The largest absolute Gasteiger partial charge is 0.351 e. The van der Waals surface area contributed by atoms with Crippen LogP contribution in [0.2, 0.25) is 0 Å². The van der Waals surface area contributed by atoms with Crippen LogP contribution in [0.5, 0.6) is 0 Å². The predicted molar refractivity (Wildman–Crippen MR) is 101 cm³/mol. The van der Waals surface area contributed by atoms with Crippen molar-refractivity contribution in [1.29, 1.82) is 0 Å². The number of unbranched alkanes of at least 4 members (excludes halogenated alkanes) is 2. The number of nitrogens with one attached hydrogen (secondary N) is 2. The second-order valence-electron chi connectivity index (χ2n) is 7.01. The molecule has 2 N–H and O–H groups in total. The number of carbonyl (C=O) groups is 2. The highest BCUT2D eigenvalue weighted by molar-refractivity contribution is 6.02. The van der Waals surface area contributed by atoms with E-state index in [4.69, 9.17) is 0 Å². The number of imidazole rings is 1. The van der Waals surface area contributed by atoms with E-state index in [0.29, 0.717) is 17.8 Å². The quantitative estimate of drug-likeness (QED) is 0.747. The van der Waals surface area contributed by atoms with Crippen LogP contribution in [0.4, 0.5) is 0 Å². The fourth-order valence-corrected chi connectivity index (χ4v) is 3.52. The summed E-state index contributed by atoms with van der Waals surface area (Å²) in [6.07, 6.45) is 10.5. The Morgan fingerprint density at radius 1 is 1.15 bits per heavy atom. The van der Waals surface area contributed by atoms with Crippen molar-refractivity contribution in [3.05, 3.63) is 35.9 Å². The van der Waals surface area contributed by atoms with Crippen LogP contribution in [0.25, 0.3) is 5.52 Å². The molecule has 6 heteroatoms. The summed E-state index contributed by atoms with van der Waals surface area (Å²) in [6.45, 7) is 2.75. The van der Waals surface area contributed by atoms with Gasteiger partial charge >= 0.3 is 0 Å². The van der Waals surface area contributed by atoms with E-state index in [1.54, 1.807) is 10.6 Å². The molecular formula is C20H28N4O2. The summed E-state index contributed by atoms with van der Waals surface area (Å²) < 4.78 is 1.71. The molecule has 0 bridgehead atoms. The smallest absolute Gasteiger partial charge is 0.287 e. The van der Waals surface area contributed by atoms with Crippen molar-refractivity contribution < 1.29 is 9.59 Å². The molecule has 26 heavy (non-hydrogen) atoms. The second-order valence-corrected chi connectivity index (χ2v) is 7.01. The molecule has 0 unspecified atom stereocenters. The van der Waals surface area contributed by atoms with Gasteiger partial charge in [-0.3, -0.25) is 14.0 Å². The molecule has 0 radical (unpaired) electrons. The molecule has 6 nitrogen and oxygen atoms in total. The fourth-order valence-electron chi connectivity index (χ4n) is 3.52. The minimum atomic E-state index is -0.221. The Morgan fingerprint density at radius 2 is 1.96 bits per heavy atom. The first-order valence-electron chi connectivity index (χ1n) is 9.77. The third-order valence-corrected chi connectivity index (χ3v) is 4.97. The average Bonchev–Trinajstić information content (AvgIpc) is 3.06. The van der Waals surface area contributed by atoms with Crippen molar-refractivity contribution in [2.75, 3.05) is 6.54 Å². The van der Waals surface area contributed by atoms with Gasteiger partial charge in [0, 0.05) is 18.8 Å². The highest BCUT2D eigenvalue weighted by atomic mass is 16.2. The summed E-state index contributed by atoms with van der Waals surface area (Å²) in [6, 6.07) is 5.73. The summed E-state index contributed by atoms with van der Waals surface area (Å²) >= 11 is 0. The first-order chi connectivity index (χ1) is 12.7. The lowest BCUT2D eigenvalue weighted by molar-refractivity contribution is 0.0916. The summed E-state index contributed by atoms with van der Waals surface area (Å²) in [7, 11) is 0. The molecule has 0 aromatic carbocycles. The van der Waals surface area contributed by atoms with Crippen LogP contribution in [0.1, 0.15) is 79.4 Å². The highest BCUT2D eigenvalue weighted by Gasteiger charge is 2.23. The van der Waals surface area contributed by atoms with Gasteiger partial charge in [0.25, 0.3) is 11.8 Å². The summed E-state index contributed by atoms with van der Waals surface area (Å²) in [5.74, 6) is -0.144. The third kappa shape index (κ3) is 4.23. The van der Waals surface area contributed by atoms with E-state index in [-0.39, 0.29) is 23.7 Å². The fraction of sp³-hybridized carbons (Fsp3) is 0.550. The molecule has 140 valence electrons. The average molecular weight is 356 g/mol. The topological polar surface area (TPSA) is 75.5 Å². The molecule has 1 fully saturated rings. The van der Waals surface area contributed by atoms with Crippen molar-refractivity contribution in [2.45, 2.75) is 64.3 Å². The van der Waals surface area contributed by atoms with Crippen LogP contribution in [0.3, 0.4) is 0 Å². The van der Waals surface area contributed by atoms with Gasteiger partial charge in [0.15, 0.2) is 5.69 Å². The normalized spacial score (nSPS) is 15.1. The maximum atomic E-state index is 12.7. The summed E-state index contributed by atoms with van der Waals surface area (Å²) in [5.41, 5.74) is 0.977. The molecule has 0 aliphatic heterocycles. The maximum absolute atomic E-state index is 12.7. The number of aromatic nitrogens is 2. The first kappa shape index (κ1) is 18.4. The Hall–Kier alpha value is -2.37. The van der Waals surface area contributed by atoms with Gasteiger partial charge in [-0.15, -0.1) is 0 Å². The number of fused-ring (bicyclic) bond motifs is 1. The van der Waals surface area contributed by atoms with E-state index >= 15 is 0 Å². The van der Waals surface area contributed by atoms with E-state index < -0.39 is 0 Å². The Morgan fingerprint density at radius 3 is 2.73 bits per heavy atom. The van der Waals surface area contributed by atoms with E-state index in [0.717, 1.165) is 44.9 Å². The van der Waals surface area contributed by atoms with E-state index in [1.807, 2.05) is 18.2 Å². The Kier molecular flexibility index (Phi) is 6.26. The number of pyridine rings is 1. The Labute approximate surface area is 154 Å². The minimum absolute atomic E-state index is 0.205. The number of nitrogens with zero attached hydrogens (tertiary/aromatic N) is 2. The van der Waals surface area contributed by atoms with Gasteiger partial charge in [0.2, 0.25) is 5.82 Å². The summed E-state index contributed by atoms with van der Waals surface area (Å²) in [4.78, 5) is 29.7. The summed E-state index contributed by atoms with van der Waals surface area (Å²) in [5, 5.41) is 6.00. The van der Waals surface area contributed by atoms with Crippen LogP contribution >= 0.6 is 0 Å². The van der Waals surface area contributed by atoms with Crippen LogP contribution in [-0.2, 0) is 0 Å². The van der Waals surface area contributed by atoms with E-state index in [1.165, 1.54) is 6.42 Å². The maximum Gasteiger partial charge on any atom is 0.287 e. The van der Waals surface area contributed by atoms with Crippen molar-refractivity contribution in [2.24, 2.45) is 0 Å². The van der Waals surface area contributed by atoms with Crippen LogP contribution in [-0.4, -0.2) is 33.8 Å². The lowest BCUT2D eigenvalue weighted by Gasteiger charge is -2.22. The van der Waals surface area contributed by atoms with Crippen LogP contribution in [0.15, 0.2) is 24.4 Å². The van der Waals surface area contributed by atoms with Gasteiger partial charge in [-0.05, 0) is 31.4 Å². The number of hydrogen-bond acceptors (Lipinski definition) is 3. The van der Waals surface area contributed by atoms with Gasteiger partial charge in [0.05, 0.1) is 5.52 Å². The van der Waals surface area contributed by atoms with Gasteiger partial charge in [-0.2, -0.15) is 0 Å². The zero-order chi connectivity index (χ0) is 18.4. The third-order valence-electron chi connectivity index (χ3n) is 4.97. The number of amides is 2. The van der Waals surface area contributed by atoms with Gasteiger partial charge in [-0.25, -0.2) is 4.98 Å². The first-order valence-corrected chi connectivity index (χ1v) is 9.77. The van der Waals surface area contributed by atoms with Crippen molar-refractivity contribution in [1.82, 2.24) is 20.0 Å². The molecule has 2 heterocycles. The monoisotopic (exact) mass is 356 g/mol. The van der Waals surface area contributed by atoms with Gasteiger partial charge < -0.3 is 10.6 Å². The van der Waals surface area contributed by atoms with Crippen LogP contribution in [0, 0.1) is 0 Å². The molecule has 1 saturated carbocycles. The van der Waals surface area contributed by atoms with Crippen molar-refractivity contribution >= 4 is 17.3 Å². The second kappa shape index (κ2) is 8.83. The number of hydrogen-bond donors (Lipinski definition) is 2. The SMILES string of the molecule is CCCCCNC(=O)c1nc(C(=O)NC2CCCCC2)n2ccccc12. The Balaban J connectivity index is 1.78.